The van der Waals surface area contributed by atoms with Crippen LogP contribution in [0.1, 0.15) is 23.3 Å². The van der Waals surface area contributed by atoms with Crippen LogP contribution in [0.2, 0.25) is 0 Å². The van der Waals surface area contributed by atoms with Gasteiger partial charge in [0.2, 0.25) is 0 Å². The van der Waals surface area contributed by atoms with E-state index in [1.807, 2.05) is 30.3 Å². The third-order valence-corrected chi connectivity index (χ3v) is 5.23. The highest BCUT2D eigenvalue weighted by atomic mass is 16.6. The summed E-state index contributed by atoms with van der Waals surface area (Å²) < 4.78 is 1.54. The Morgan fingerprint density at radius 1 is 1.07 bits per heavy atom. The van der Waals surface area contributed by atoms with Gasteiger partial charge in [-0.2, -0.15) is 5.10 Å². The van der Waals surface area contributed by atoms with Crippen molar-refractivity contribution in [2.24, 2.45) is 0 Å². The van der Waals surface area contributed by atoms with Crippen LogP contribution < -0.4 is 5.32 Å². The van der Waals surface area contributed by atoms with E-state index in [4.69, 9.17) is 0 Å². The van der Waals surface area contributed by atoms with Gasteiger partial charge in [-0.25, -0.2) is 4.68 Å². The average Bonchev–Trinajstić information content (AvgIpc) is 3.45. The smallest absolute Gasteiger partial charge is 0.270 e. The van der Waals surface area contributed by atoms with Gasteiger partial charge in [0.15, 0.2) is 0 Å². The lowest BCUT2D eigenvalue weighted by Crippen LogP contribution is -2.34. The molecule has 0 radical (unpaired) electrons. The van der Waals surface area contributed by atoms with Gasteiger partial charge in [-0.3, -0.25) is 14.9 Å². The second-order valence-electron chi connectivity index (χ2n) is 7.27. The average molecular weight is 405 g/mol. The molecule has 1 aliphatic heterocycles. The number of hydrogen-bond donors (Lipinski definition) is 1. The molecule has 1 fully saturated rings. The first-order valence-electron chi connectivity index (χ1n) is 10.0. The van der Waals surface area contributed by atoms with Gasteiger partial charge in [0, 0.05) is 30.8 Å². The molecule has 0 aliphatic carbocycles. The van der Waals surface area contributed by atoms with Gasteiger partial charge in [-0.1, -0.05) is 30.3 Å². The van der Waals surface area contributed by atoms with Crippen molar-refractivity contribution in [2.75, 3.05) is 26.2 Å². The molecule has 1 amide bonds. The molecule has 8 nitrogen and oxygen atoms in total. The van der Waals surface area contributed by atoms with Crippen LogP contribution in [-0.2, 0) is 0 Å². The minimum Gasteiger partial charge on any atom is -0.349 e. The summed E-state index contributed by atoms with van der Waals surface area (Å²) in [4.78, 5) is 25.8. The second kappa shape index (κ2) is 8.87. The number of amides is 1. The van der Waals surface area contributed by atoms with Crippen molar-refractivity contribution in [2.45, 2.75) is 12.8 Å². The quantitative estimate of drug-likeness (QED) is 0.481. The Morgan fingerprint density at radius 2 is 1.77 bits per heavy atom. The van der Waals surface area contributed by atoms with Crippen molar-refractivity contribution in [1.29, 1.82) is 0 Å². The maximum atomic E-state index is 12.9. The zero-order valence-electron chi connectivity index (χ0n) is 16.5. The molecule has 2 heterocycles. The molecule has 154 valence electrons. The second-order valence-corrected chi connectivity index (χ2v) is 7.27. The summed E-state index contributed by atoms with van der Waals surface area (Å²) >= 11 is 0. The minimum absolute atomic E-state index is 0.00852. The minimum atomic E-state index is -0.450. The van der Waals surface area contributed by atoms with Crippen LogP contribution in [0.3, 0.4) is 0 Å². The topological polar surface area (TPSA) is 93.3 Å². The Morgan fingerprint density at radius 3 is 2.43 bits per heavy atom. The third kappa shape index (κ3) is 4.38. The molecule has 1 saturated heterocycles. The first-order valence-corrected chi connectivity index (χ1v) is 10.0. The van der Waals surface area contributed by atoms with E-state index >= 15 is 0 Å². The van der Waals surface area contributed by atoms with Crippen molar-refractivity contribution in [1.82, 2.24) is 20.0 Å². The van der Waals surface area contributed by atoms with Gasteiger partial charge in [-0.05, 0) is 44.1 Å². The van der Waals surface area contributed by atoms with Crippen LogP contribution in [-0.4, -0.2) is 51.7 Å². The Bertz CT molecular complexity index is 1020. The number of nitrogens with one attached hydrogen (secondary N) is 1. The van der Waals surface area contributed by atoms with Gasteiger partial charge in [0.25, 0.3) is 11.6 Å². The first kappa shape index (κ1) is 19.8. The number of rotatable bonds is 7. The fourth-order valence-electron chi connectivity index (χ4n) is 3.63. The highest BCUT2D eigenvalue weighted by Crippen LogP contribution is 2.23. The largest absolute Gasteiger partial charge is 0.349 e. The van der Waals surface area contributed by atoms with E-state index < -0.39 is 4.92 Å². The summed E-state index contributed by atoms with van der Waals surface area (Å²) in [5.41, 5.74) is 2.53. The lowest BCUT2D eigenvalue weighted by Gasteiger charge is -2.15. The zero-order valence-corrected chi connectivity index (χ0v) is 16.5. The maximum Gasteiger partial charge on any atom is 0.270 e. The summed E-state index contributed by atoms with van der Waals surface area (Å²) in [6, 6.07) is 17.4. The van der Waals surface area contributed by atoms with E-state index in [-0.39, 0.29) is 11.6 Å². The number of likely N-dealkylation sites (tertiary alicyclic amines) is 1. The van der Waals surface area contributed by atoms with E-state index in [1.54, 1.807) is 18.2 Å². The predicted molar refractivity (Wildman–Crippen MR) is 114 cm³/mol. The number of benzene rings is 2. The van der Waals surface area contributed by atoms with Gasteiger partial charge < -0.3 is 10.2 Å². The zero-order chi connectivity index (χ0) is 20.9. The molecule has 1 aliphatic rings. The standard InChI is InChI=1S/C22H23N5O3/c28-22(23-12-15-25-13-4-5-14-25)21-16-20(17-6-2-1-3-7-17)24-26(21)18-8-10-19(11-9-18)27(29)30/h1-3,6-11,16H,4-5,12-15H2,(H,23,28). The van der Waals surface area contributed by atoms with Crippen LogP contribution >= 0.6 is 0 Å². The van der Waals surface area contributed by atoms with Crippen LogP contribution in [0.5, 0.6) is 0 Å². The van der Waals surface area contributed by atoms with Crippen molar-refractivity contribution >= 4 is 11.6 Å². The van der Waals surface area contributed by atoms with Crippen LogP contribution in [0.15, 0.2) is 60.7 Å². The number of aromatic nitrogens is 2. The van der Waals surface area contributed by atoms with Crippen molar-refractivity contribution in [3.63, 3.8) is 0 Å². The number of nitro groups is 1. The Hall–Kier alpha value is -3.52. The van der Waals surface area contributed by atoms with Gasteiger partial charge in [0.05, 0.1) is 16.3 Å². The molecule has 30 heavy (non-hydrogen) atoms. The van der Waals surface area contributed by atoms with E-state index in [0.29, 0.717) is 23.6 Å². The maximum absolute atomic E-state index is 12.9. The lowest BCUT2D eigenvalue weighted by molar-refractivity contribution is -0.384. The molecule has 0 spiro atoms. The van der Waals surface area contributed by atoms with Crippen LogP contribution in [0, 0.1) is 10.1 Å². The molecule has 4 rings (SSSR count). The number of hydrogen-bond acceptors (Lipinski definition) is 5. The van der Waals surface area contributed by atoms with Crippen molar-refractivity contribution < 1.29 is 9.72 Å². The lowest BCUT2D eigenvalue weighted by atomic mass is 10.1. The molecular formula is C22H23N5O3. The molecule has 0 unspecified atom stereocenters. The number of non-ortho nitro benzene ring substituents is 1. The molecule has 8 heteroatoms. The summed E-state index contributed by atoms with van der Waals surface area (Å²) in [6.45, 7) is 3.54. The van der Waals surface area contributed by atoms with Gasteiger partial charge in [0.1, 0.15) is 5.69 Å². The number of carbonyl (C=O) groups is 1. The Balaban J connectivity index is 1.60. The predicted octanol–water partition coefficient (Wildman–Crippen LogP) is 3.27. The van der Waals surface area contributed by atoms with Gasteiger partial charge >= 0.3 is 0 Å². The summed E-state index contributed by atoms with van der Waals surface area (Å²) in [7, 11) is 0. The molecule has 2 aromatic carbocycles. The molecule has 0 saturated carbocycles. The molecule has 0 bridgehead atoms. The summed E-state index contributed by atoms with van der Waals surface area (Å²) in [6.07, 6.45) is 2.42. The fraction of sp³-hybridized carbons (Fsp3) is 0.273. The SMILES string of the molecule is O=C(NCCN1CCCC1)c1cc(-c2ccccc2)nn1-c1ccc([N+](=O)[O-])cc1. The van der Waals surface area contributed by atoms with E-state index in [9.17, 15) is 14.9 Å². The van der Waals surface area contributed by atoms with E-state index in [0.717, 1.165) is 25.2 Å². The van der Waals surface area contributed by atoms with Crippen LogP contribution in [0.4, 0.5) is 5.69 Å². The highest BCUT2D eigenvalue weighted by Gasteiger charge is 2.19. The molecular weight excluding hydrogens is 382 g/mol. The van der Waals surface area contributed by atoms with Crippen molar-refractivity contribution in [3.8, 4) is 16.9 Å². The van der Waals surface area contributed by atoms with Gasteiger partial charge in [-0.15, -0.1) is 0 Å². The van der Waals surface area contributed by atoms with E-state index in [2.05, 4.69) is 15.3 Å². The number of carbonyl (C=O) groups excluding carboxylic acids is 1. The molecule has 0 atom stereocenters. The molecule has 3 aromatic rings. The van der Waals surface area contributed by atoms with Crippen LogP contribution in [0.25, 0.3) is 16.9 Å². The third-order valence-electron chi connectivity index (χ3n) is 5.23. The highest BCUT2D eigenvalue weighted by molar-refractivity contribution is 5.94. The normalized spacial score (nSPS) is 14.0. The number of nitrogens with zero attached hydrogens (tertiary/aromatic N) is 4. The fourth-order valence-corrected chi connectivity index (χ4v) is 3.63. The molecule has 1 N–H and O–H groups in total. The molecule has 1 aromatic heterocycles. The Kier molecular flexibility index (Phi) is 5.85. The Labute approximate surface area is 174 Å². The first-order chi connectivity index (χ1) is 14.6. The van der Waals surface area contributed by atoms with E-state index in [1.165, 1.54) is 29.7 Å². The van der Waals surface area contributed by atoms with Crippen molar-refractivity contribution in [3.05, 3.63) is 76.5 Å². The number of nitro benzene ring substituents is 1. The summed E-state index contributed by atoms with van der Waals surface area (Å²) in [5.74, 6) is -0.220. The monoisotopic (exact) mass is 405 g/mol. The summed E-state index contributed by atoms with van der Waals surface area (Å²) in [5, 5.41) is 18.5.